The van der Waals surface area contributed by atoms with E-state index in [-0.39, 0.29) is 22.7 Å². The number of aromatic hydroxyl groups is 1. The Morgan fingerprint density at radius 1 is 1.29 bits per heavy atom. The number of carbonyl (C=O) groups is 1. The summed E-state index contributed by atoms with van der Waals surface area (Å²) in [6, 6.07) is 10.9. The third kappa shape index (κ3) is 3.03. The molecule has 7 heteroatoms. The zero-order chi connectivity index (χ0) is 17.3. The number of halogens is 2. The van der Waals surface area contributed by atoms with E-state index in [2.05, 4.69) is 26.3 Å². The van der Waals surface area contributed by atoms with Gasteiger partial charge in [-0.15, -0.1) is 0 Å². The zero-order valence-corrected chi connectivity index (χ0v) is 14.2. The number of nitrogens with zero attached hydrogens (tertiary/aromatic N) is 2. The molecule has 0 bridgehead atoms. The molecule has 0 saturated heterocycles. The highest BCUT2D eigenvalue weighted by Crippen LogP contribution is 2.27. The van der Waals surface area contributed by atoms with Crippen molar-refractivity contribution in [2.24, 2.45) is 0 Å². The van der Waals surface area contributed by atoms with Crippen molar-refractivity contribution in [2.45, 2.75) is 6.92 Å². The molecule has 1 heterocycles. The molecule has 5 nitrogen and oxygen atoms in total. The van der Waals surface area contributed by atoms with Gasteiger partial charge in [0.1, 0.15) is 17.3 Å². The van der Waals surface area contributed by atoms with Gasteiger partial charge < -0.3 is 10.4 Å². The van der Waals surface area contributed by atoms with Crippen LogP contribution in [-0.2, 0) is 0 Å². The first-order valence-corrected chi connectivity index (χ1v) is 7.86. The van der Waals surface area contributed by atoms with Crippen LogP contribution in [0.4, 0.5) is 10.1 Å². The Labute approximate surface area is 145 Å². The van der Waals surface area contributed by atoms with Gasteiger partial charge in [-0.2, -0.15) is 5.10 Å². The number of para-hydroxylation sites is 1. The van der Waals surface area contributed by atoms with Crippen molar-refractivity contribution in [3.63, 3.8) is 0 Å². The van der Waals surface area contributed by atoms with Gasteiger partial charge in [0, 0.05) is 4.47 Å². The van der Waals surface area contributed by atoms with Crippen LogP contribution in [0.1, 0.15) is 16.1 Å². The van der Waals surface area contributed by atoms with E-state index in [4.69, 9.17) is 0 Å². The van der Waals surface area contributed by atoms with Crippen LogP contribution >= 0.6 is 15.9 Å². The fraction of sp³-hybridized carbons (Fsp3) is 0.0588. The molecule has 0 saturated carbocycles. The first kappa shape index (κ1) is 16.2. The summed E-state index contributed by atoms with van der Waals surface area (Å²) in [5.41, 5.74) is 1.32. The topological polar surface area (TPSA) is 67.2 Å². The van der Waals surface area contributed by atoms with E-state index in [9.17, 15) is 14.3 Å². The van der Waals surface area contributed by atoms with Crippen LogP contribution < -0.4 is 5.32 Å². The molecule has 2 N–H and O–H groups in total. The van der Waals surface area contributed by atoms with Crippen molar-refractivity contribution in [3.05, 3.63) is 70.2 Å². The molecule has 1 aromatic heterocycles. The number of hydrogen-bond donors (Lipinski definition) is 2. The number of hydrogen-bond acceptors (Lipinski definition) is 3. The smallest absolute Gasteiger partial charge is 0.259 e. The Morgan fingerprint density at radius 2 is 2.04 bits per heavy atom. The number of aromatic nitrogens is 2. The second-order valence-electron chi connectivity index (χ2n) is 5.12. The van der Waals surface area contributed by atoms with Gasteiger partial charge in [-0.25, -0.2) is 9.07 Å². The number of phenols is 1. The first-order chi connectivity index (χ1) is 11.5. The lowest BCUT2D eigenvalue weighted by Gasteiger charge is -2.09. The van der Waals surface area contributed by atoms with E-state index in [1.165, 1.54) is 23.0 Å². The van der Waals surface area contributed by atoms with Gasteiger partial charge >= 0.3 is 0 Å². The maximum absolute atomic E-state index is 13.9. The zero-order valence-electron chi connectivity index (χ0n) is 12.6. The number of nitrogens with one attached hydrogen (secondary N) is 1. The minimum atomic E-state index is -0.441. The summed E-state index contributed by atoms with van der Waals surface area (Å²) >= 11 is 3.28. The highest BCUT2D eigenvalue weighted by Gasteiger charge is 2.18. The van der Waals surface area contributed by atoms with E-state index >= 15 is 0 Å². The Kier molecular flexibility index (Phi) is 4.35. The summed E-state index contributed by atoms with van der Waals surface area (Å²) in [5, 5.41) is 16.5. The van der Waals surface area contributed by atoms with Gasteiger partial charge in [-0.3, -0.25) is 4.79 Å². The predicted octanol–water partition coefficient (Wildman–Crippen LogP) is 4.04. The average Bonchev–Trinajstić information content (AvgIpc) is 2.93. The summed E-state index contributed by atoms with van der Waals surface area (Å²) < 4.78 is 16.0. The molecule has 0 unspecified atom stereocenters. The maximum atomic E-state index is 13.9. The third-order valence-corrected chi connectivity index (χ3v) is 4.04. The quantitative estimate of drug-likeness (QED) is 0.664. The number of amides is 1. The fourth-order valence-corrected chi connectivity index (χ4v) is 2.66. The lowest BCUT2D eigenvalue weighted by molar-refractivity contribution is 0.102. The van der Waals surface area contributed by atoms with Gasteiger partial charge in [0.25, 0.3) is 5.91 Å². The van der Waals surface area contributed by atoms with Crippen LogP contribution in [-0.4, -0.2) is 20.8 Å². The van der Waals surface area contributed by atoms with Gasteiger partial charge in [0.05, 0.1) is 23.1 Å². The molecular formula is C17H13BrFN3O2. The summed E-state index contributed by atoms with van der Waals surface area (Å²) in [7, 11) is 0. The van der Waals surface area contributed by atoms with Crippen LogP contribution in [0.5, 0.6) is 5.75 Å². The van der Waals surface area contributed by atoms with E-state index in [0.29, 0.717) is 5.69 Å². The Hall–Kier alpha value is -2.67. The van der Waals surface area contributed by atoms with Crippen molar-refractivity contribution >= 4 is 27.5 Å². The molecular weight excluding hydrogens is 377 g/mol. The fourth-order valence-electron chi connectivity index (χ4n) is 2.30. The molecule has 0 aliphatic carbocycles. The van der Waals surface area contributed by atoms with E-state index < -0.39 is 11.7 Å². The molecule has 0 aliphatic heterocycles. The van der Waals surface area contributed by atoms with Gasteiger partial charge in [-0.05, 0) is 37.3 Å². The molecule has 0 fully saturated rings. The molecule has 3 rings (SSSR count). The maximum Gasteiger partial charge on any atom is 0.259 e. The molecule has 24 heavy (non-hydrogen) atoms. The van der Waals surface area contributed by atoms with Gasteiger partial charge in [-0.1, -0.05) is 28.1 Å². The number of phenolic OH excluding ortho intramolecular Hbond substituents is 1. The summed E-state index contributed by atoms with van der Waals surface area (Å²) in [6.07, 6.45) is 1.37. The third-order valence-electron chi connectivity index (χ3n) is 3.54. The minimum absolute atomic E-state index is 0.0503. The summed E-state index contributed by atoms with van der Waals surface area (Å²) in [5.74, 6) is -0.922. The standard InChI is InChI=1S/C17H13BrFN3O2/c1-10-12(9-20-22(10)15-5-3-2-4-13(15)19)17(24)21-14-8-11(18)6-7-16(14)23/h2-9,23H,1H3,(H,21,24). The molecule has 2 aromatic carbocycles. The molecule has 122 valence electrons. The van der Waals surface area contributed by atoms with E-state index in [1.807, 2.05) is 0 Å². The summed E-state index contributed by atoms with van der Waals surface area (Å²) in [6.45, 7) is 1.68. The minimum Gasteiger partial charge on any atom is -0.506 e. The Balaban J connectivity index is 1.92. The largest absolute Gasteiger partial charge is 0.506 e. The van der Waals surface area contributed by atoms with Crippen LogP contribution in [0.3, 0.4) is 0 Å². The van der Waals surface area contributed by atoms with Crippen molar-refractivity contribution in [3.8, 4) is 11.4 Å². The second kappa shape index (κ2) is 6.45. The molecule has 0 atom stereocenters. The average molecular weight is 390 g/mol. The Bertz CT molecular complexity index is 924. The lowest BCUT2D eigenvalue weighted by Crippen LogP contribution is -2.13. The first-order valence-electron chi connectivity index (χ1n) is 7.07. The van der Waals surface area contributed by atoms with Crippen LogP contribution in [0.25, 0.3) is 5.69 Å². The SMILES string of the molecule is Cc1c(C(=O)Nc2cc(Br)ccc2O)cnn1-c1ccccc1F. The molecule has 1 amide bonds. The monoisotopic (exact) mass is 389 g/mol. The second-order valence-corrected chi connectivity index (χ2v) is 6.04. The van der Waals surface area contributed by atoms with Crippen LogP contribution in [0.2, 0.25) is 0 Å². The molecule has 0 radical (unpaired) electrons. The Morgan fingerprint density at radius 3 is 2.79 bits per heavy atom. The number of rotatable bonds is 3. The van der Waals surface area contributed by atoms with Crippen LogP contribution in [0, 0.1) is 12.7 Å². The van der Waals surface area contributed by atoms with Gasteiger partial charge in [0.15, 0.2) is 0 Å². The summed E-state index contributed by atoms with van der Waals surface area (Å²) in [4.78, 5) is 12.4. The molecule has 0 spiro atoms. The van der Waals surface area contributed by atoms with Crippen molar-refractivity contribution in [1.82, 2.24) is 9.78 Å². The normalized spacial score (nSPS) is 10.6. The molecule has 0 aliphatic rings. The van der Waals surface area contributed by atoms with Gasteiger partial charge in [0.2, 0.25) is 0 Å². The predicted molar refractivity (Wildman–Crippen MR) is 92.0 cm³/mol. The highest BCUT2D eigenvalue weighted by atomic mass is 79.9. The van der Waals surface area contributed by atoms with Crippen LogP contribution in [0.15, 0.2) is 53.1 Å². The van der Waals surface area contributed by atoms with E-state index in [1.54, 1.807) is 37.3 Å². The van der Waals surface area contributed by atoms with Crippen molar-refractivity contribution < 1.29 is 14.3 Å². The number of benzene rings is 2. The van der Waals surface area contributed by atoms with E-state index in [0.717, 1.165) is 4.47 Å². The number of anilines is 1. The van der Waals surface area contributed by atoms with Crippen molar-refractivity contribution in [2.75, 3.05) is 5.32 Å². The highest BCUT2D eigenvalue weighted by molar-refractivity contribution is 9.10. The van der Waals surface area contributed by atoms with Crippen molar-refractivity contribution in [1.29, 1.82) is 0 Å². The lowest BCUT2D eigenvalue weighted by atomic mass is 10.2. The molecule has 3 aromatic rings. The number of carbonyl (C=O) groups excluding carboxylic acids is 1.